The average molecular weight is 505 g/mol. The molecule has 1 atom stereocenters. The standard InChI is InChI=1S/C20H24F5N7O3/c1-12(29-14-10-28-30-18(34)16(14)20(23,24)25)11-35-7-2-15(33)31-3-5-32(6-4-31)19-26-8-13(9-27-19)17(21)22/h8-10,12,17H,2-7,11H2,1H3,(H2,29,30,34)/t12-/m0/s1. The highest BCUT2D eigenvalue weighted by Gasteiger charge is 2.37. The normalized spacial score (nSPS) is 15.4. The number of rotatable bonds is 9. The fourth-order valence-corrected chi connectivity index (χ4v) is 3.44. The van der Waals surface area contributed by atoms with Crippen LogP contribution in [0, 0.1) is 0 Å². The smallest absolute Gasteiger partial charge is 0.379 e. The fourth-order valence-electron chi connectivity index (χ4n) is 3.44. The van der Waals surface area contributed by atoms with Crippen LogP contribution in [0.2, 0.25) is 0 Å². The summed E-state index contributed by atoms with van der Waals surface area (Å²) in [5.41, 5.74) is -3.44. The van der Waals surface area contributed by atoms with Crippen LogP contribution in [0.5, 0.6) is 0 Å². The monoisotopic (exact) mass is 505 g/mol. The third kappa shape index (κ3) is 7.07. The number of alkyl halides is 5. The number of aromatic nitrogens is 4. The van der Waals surface area contributed by atoms with Gasteiger partial charge in [0.15, 0.2) is 0 Å². The minimum atomic E-state index is -4.85. The second-order valence-electron chi connectivity index (χ2n) is 7.84. The zero-order valence-electron chi connectivity index (χ0n) is 18.7. The summed E-state index contributed by atoms with van der Waals surface area (Å²) in [4.78, 5) is 35.2. The Morgan fingerprint density at radius 1 is 1.17 bits per heavy atom. The second-order valence-corrected chi connectivity index (χ2v) is 7.84. The highest BCUT2D eigenvalue weighted by molar-refractivity contribution is 5.76. The summed E-state index contributed by atoms with van der Waals surface area (Å²) in [5.74, 6) is 0.160. The number of H-pyrrole nitrogens is 1. The van der Waals surface area contributed by atoms with Crippen molar-refractivity contribution >= 4 is 17.5 Å². The van der Waals surface area contributed by atoms with E-state index in [9.17, 15) is 31.5 Å². The summed E-state index contributed by atoms with van der Waals surface area (Å²) in [5, 5.41) is 7.70. The van der Waals surface area contributed by atoms with E-state index in [2.05, 4.69) is 20.4 Å². The molecule has 3 rings (SSSR count). The first kappa shape index (κ1) is 26.2. The van der Waals surface area contributed by atoms with Crippen LogP contribution < -0.4 is 15.8 Å². The number of hydrogen-bond acceptors (Lipinski definition) is 8. The van der Waals surface area contributed by atoms with Crippen LogP contribution in [0.1, 0.15) is 30.9 Å². The Bertz CT molecular complexity index is 1040. The Labute approximate surface area is 196 Å². The van der Waals surface area contributed by atoms with Gasteiger partial charge in [-0.3, -0.25) is 9.59 Å². The van der Waals surface area contributed by atoms with Gasteiger partial charge >= 0.3 is 6.18 Å². The third-order valence-corrected chi connectivity index (χ3v) is 5.20. The number of hydrogen-bond donors (Lipinski definition) is 2. The van der Waals surface area contributed by atoms with Crippen LogP contribution in [0.3, 0.4) is 0 Å². The fraction of sp³-hybridized carbons (Fsp3) is 0.550. The lowest BCUT2D eigenvalue weighted by Crippen LogP contribution is -2.49. The summed E-state index contributed by atoms with van der Waals surface area (Å²) in [7, 11) is 0. The molecule has 1 saturated heterocycles. The van der Waals surface area contributed by atoms with E-state index in [1.54, 1.807) is 21.8 Å². The largest absolute Gasteiger partial charge is 0.423 e. The summed E-state index contributed by atoms with van der Waals surface area (Å²) in [6.07, 6.45) is -4.38. The van der Waals surface area contributed by atoms with Gasteiger partial charge in [-0.25, -0.2) is 23.8 Å². The highest BCUT2D eigenvalue weighted by Crippen LogP contribution is 2.31. The first-order valence-corrected chi connectivity index (χ1v) is 10.7. The van der Waals surface area contributed by atoms with Gasteiger partial charge in [-0.1, -0.05) is 0 Å². The van der Waals surface area contributed by atoms with Crippen molar-refractivity contribution in [1.29, 1.82) is 0 Å². The van der Waals surface area contributed by atoms with E-state index in [4.69, 9.17) is 4.74 Å². The Hall–Kier alpha value is -3.36. The van der Waals surface area contributed by atoms with Crippen LogP contribution in [-0.4, -0.2) is 76.4 Å². The summed E-state index contributed by atoms with van der Waals surface area (Å²) in [6.45, 7) is 3.29. The van der Waals surface area contributed by atoms with Gasteiger partial charge in [-0.15, -0.1) is 0 Å². The van der Waals surface area contributed by atoms with Crippen LogP contribution in [0.15, 0.2) is 23.4 Å². The zero-order chi connectivity index (χ0) is 25.6. The van der Waals surface area contributed by atoms with E-state index >= 15 is 0 Å². The van der Waals surface area contributed by atoms with E-state index < -0.39 is 35.5 Å². The molecule has 1 fully saturated rings. The number of carbonyl (C=O) groups excluding carboxylic acids is 1. The number of carbonyl (C=O) groups is 1. The number of nitrogens with one attached hydrogen (secondary N) is 2. The molecule has 0 unspecified atom stereocenters. The van der Waals surface area contributed by atoms with Gasteiger partial charge in [0, 0.05) is 44.6 Å². The molecule has 1 aliphatic rings. The predicted molar refractivity (Wildman–Crippen MR) is 114 cm³/mol. The van der Waals surface area contributed by atoms with Crippen molar-refractivity contribution in [3.05, 3.63) is 40.1 Å². The molecule has 0 bridgehead atoms. The molecule has 10 nitrogen and oxygen atoms in total. The lowest BCUT2D eigenvalue weighted by atomic mass is 10.2. The maximum absolute atomic E-state index is 13.1. The number of ether oxygens (including phenoxy) is 1. The molecule has 15 heteroatoms. The van der Waals surface area contributed by atoms with Crippen LogP contribution >= 0.6 is 0 Å². The predicted octanol–water partition coefficient (Wildman–Crippen LogP) is 2.07. The number of amides is 1. The highest BCUT2D eigenvalue weighted by atomic mass is 19.4. The third-order valence-electron chi connectivity index (χ3n) is 5.20. The second kappa shape index (κ2) is 11.4. The SMILES string of the molecule is C[C@@H](COCCC(=O)N1CCN(c2ncc(C(F)F)cn2)CC1)Nc1cn[nH]c(=O)c1C(F)(F)F. The van der Waals surface area contributed by atoms with E-state index in [0.29, 0.717) is 32.1 Å². The van der Waals surface area contributed by atoms with E-state index in [-0.39, 0.29) is 31.1 Å². The minimum Gasteiger partial charge on any atom is -0.379 e. The van der Waals surface area contributed by atoms with Crippen molar-refractivity contribution < 1.29 is 31.5 Å². The van der Waals surface area contributed by atoms with E-state index in [1.807, 2.05) is 0 Å². The molecule has 0 saturated carbocycles. The molecule has 0 aliphatic carbocycles. The van der Waals surface area contributed by atoms with Crippen LogP contribution in [0.4, 0.5) is 33.6 Å². The molecule has 35 heavy (non-hydrogen) atoms. The van der Waals surface area contributed by atoms with Crippen molar-refractivity contribution in [3.63, 3.8) is 0 Å². The Balaban J connectivity index is 1.39. The van der Waals surface area contributed by atoms with Crippen molar-refractivity contribution in [2.24, 2.45) is 0 Å². The van der Waals surface area contributed by atoms with Gasteiger partial charge in [0.25, 0.3) is 12.0 Å². The van der Waals surface area contributed by atoms with Crippen molar-refractivity contribution in [2.45, 2.75) is 32.0 Å². The van der Waals surface area contributed by atoms with Gasteiger partial charge in [-0.05, 0) is 6.92 Å². The van der Waals surface area contributed by atoms with Crippen molar-refractivity contribution in [2.75, 3.05) is 49.6 Å². The lowest BCUT2D eigenvalue weighted by molar-refractivity contribution is -0.138. The Morgan fingerprint density at radius 2 is 1.83 bits per heavy atom. The van der Waals surface area contributed by atoms with Gasteiger partial charge in [0.2, 0.25) is 11.9 Å². The molecule has 2 aromatic rings. The molecular weight excluding hydrogens is 481 g/mol. The lowest BCUT2D eigenvalue weighted by Gasteiger charge is -2.34. The van der Waals surface area contributed by atoms with Crippen molar-refractivity contribution in [1.82, 2.24) is 25.1 Å². The minimum absolute atomic E-state index is 0.00287. The summed E-state index contributed by atoms with van der Waals surface area (Å²) >= 11 is 0. The van der Waals surface area contributed by atoms with E-state index in [0.717, 1.165) is 18.6 Å². The first-order chi connectivity index (χ1) is 16.6. The van der Waals surface area contributed by atoms with Gasteiger partial charge in [0.1, 0.15) is 5.56 Å². The van der Waals surface area contributed by atoms with E-state index in [1.165, 1.54) is 0 Å². The quantitative estimate of drug-likeness (QED) is 0.393. The van der Waals surface area contributed by atoms with Gasteiger partial charge in [-0.2, -0.15) is 18.3 Å². The molecular formula is C20H24F5N7O3. The number of halogens is 5. The maximum Gasteiger partial charge on any atom is 0.423 e. The summed E-state index contributed by atoms with van der Waals surface area (Å²) < 4.78 is 69.9. The molecule has 0 aromatic carbocycles. The summed E-state index contributed by atoms with van der Waals surface area (Å²) in [6, 6.07) is -0.588. The molecule has 0 radical (unpaired) electrons. The number of piperazine rings is 1. The average Bonchev–Trinajstić information content (AvgIpc) is 2.81. The van der Waals surface area contributed by atoms with Crippen LogP contribution in [0.25, 0.3) is 0 Å². The van der Waals surface area contributed by atoms with Crippen LogP contribution in [-0.2, 0) is 15.7 Å². The van der Waals surface area contributed by atoms with Gasteiger partial charge < -0.3 is 19.9 Å². The molecule has 2 aromatic heterocycles. The number of anilines is 2. The molecule has 1 aliphatic heterocycles. The maximum atomic E-state index is 13.1. The topological polar surface area (TPSA) is 116 Å². The van der Waals surface area contributed by atoms with Gasteiger partial charge in [0.05, 0.1) is 37.1 Å². The zero-order valence-corrected chi connectivity index (χ0v) is 18.7. The number of nitrogens with zero attached hydrogens (tertiary/aromatic N) is 5. The van der Waals surface area contributed by atoms with Crippen molar-refractivity contribution in [3.8, 4) is 0 Å². The molecule has 192 valence electrons. The Kier molecular flexibility index (Phi) is 8.53. The molecule has 2 N–H and O–H groups in total. The Morgan fingerprint density at radius 3 is 2.43 bits per heavy atom. The first-order valence-electron chi connectivity index (χ1n) is 10.7. The molecule has 0 spiro atoms. The number of aromatic amines is 1. The molecule has 3 heterocycles. The molecule has 1 amide bonds.